The first kappa shape index (κ1) is 13.8. The summed E-state index contributed by atoms with van der Waals surface area (Å²) < 4.78 is 10.9. The summed E-state index contributed by atoms with van der Waals surface area (Å²) >= 11 is 0. The van der Waals surface area contributed by atoms with Crippen LogP contribution < -0.4 is 15.2 Å². The predicted octanol–water partition coefficient (Wildman–Crippen LogP) is 2.55. The minimum atomic E-state index is 0.697. The maximum Gasteiger partial charge on any atom is 0.122 e. The number of aryl methyl sites for hydroxylation is 2. The largest absolute Gasteiger partial charge is 0.496 e. The van der Waals surface area contributed by atoms with Gasteiger partial charge in [-0.3, -0.25) is 0 Å². The summed E-state index contributed by atoms with van der Waals surface area (Å²) in [4.78, 5) is 0. The van der Waals surface area contributed by atoms with E-state index in [0.29, 0.717) is 6.54 Å². The van der Waals surface area contributed by atoms with Crippen LogP contribution in [-0.2, 0) is 12.8 Å². The Labute approximate surface area is 104 Å². The zero-order chi connectivity index (χ0) is 12.7. The number of ether oxygens (including phenoxy) is 2. The summed E-state index contributed by atoms with van der Waals surface area (Å²) in [6, 6.07) is 4.17. The minimum Gasteiger partial charge on any atom is -0.496 e. The number of benzene rings is 1. The molecule has 1 aromatic carbocycles. The molecule has 0 fully saturated rings. The first-order valence-corrected chi connectivity index (χ1v) is 6.20. The fraction of sp³-hybridized carbons (Fsp3) is 0.571. The summed E-state index contributed by atoms with van der Waals surface area (Å²) in [7, 11) is 3.43. The fourth-order valence-electron chi connectivity index (χ4n) is 1.98. The molecule has 0 radical (unpaired) electrons. The smallest absolute Gasteiger partial charge is 0.122 e. The highest BCUT2D eigenvalue weighted by molar-refractivity contribution is 5.46. The number of rotatable bonds is 7. The van der Waals surface area contributed by atoms with Gasteiger partial charge in [0.05, 0.1) is 14.2 Å². The third-order valence-electron chi connectivity index (χ3n) is 2.85. The Bertz CT molecular complexity index is 350. The van der Waals surface area contributed by atoms with Gasteiger partial charge >= 0.3 is 0 Å². The summed E-state index contributed by atoms with van der Waals surface area (Å²) in [6.07, 6.45) is 4.01. The molecule has 2 N–H and O–H groups in total. The number of hydrogen-bond acceptors (Lipinski definition) is 3. The van der Waals surface area contributed by atoms with Crippen molar-refractivity contribution in [3.05, 3.63) is 23.3 Å². The van der Waals surface area contributed by atoms with Gasteiger partial charge in [-0.2, -0.15) is 0 Å². The molecule has 0 aromatic heterocycles. The van der Waals surface area contributed by atoms with E-state index in [1.165, 1.54) is 11.1 Å². The van der Waals surface area contributed by atoms with Crippen LogP contribution in [0.3, 0.4) is 0 Å². The quantitative estimate of drug-likeness (QED) is 0.792. The molecule has 1 aromatic rings. The molecule has 0 aliphatic rings. The first-order valence-electron chi connectivity index (χ1n) is 6.20. The molecule has 0 saturated heterocycles. The Morgan fingerprint density at radius 1 is 1.00 bits per heavy atom. The van der Waals surface area contributed by atoms with Crippen molar-refractivity contribution in [2.24, 2.45) is 5.73 Å². The molecule has 3 nitrogen and oxygen atoms in total. The van der Waals surface area contributed by atoms with Crippen LogP contribution >= 0.6 is 0 Å². The van der Waals surface area contributed by atoms with E-state index in [1.807, 2.05) is 0 Å². The number of hydrogen-bond donors (Lipinski definition) is 1. The Kier molecular flexibility index (Phi) is 5.84. The molecule has 0 bridgehead atoms. The second kappa shape index (κ2) is 7.17. The van der Waals surface area contributed by atoms with Crippen molar-refractivity contribution in [1.29, 1.82) is 0 Å². The van der Waals surface area contributed by atoms with Crippen molar-refractivity contribution in [2.75, 3.05) is 20.8 Å². The SMILES string of the molecule is CCCc1cc(OC)c(CCCN)cc1OC. The molecule has 96 valence electrons. The fourth-order valence-corrected chi connectivity index (χ4v) is 1.98. The summed E-state index contributed by atoms with van der Waals surface area (Å²) in [5.74, 6) is 1.90. The van der Waals surface area contributed by atoms with E-state index in [-0.39, 0.29) is 0 Å². The Morgan fingerprint density at radius 2 is 1.53 bits per heavy atom. The van der Waals surface area contributed by atoms with Crippen molar-refractivity contribution < 1.29 is 9.47 Å². The van der Waals surface area contributed by atoms with Crippen LogP contribution in [-0.4, -0.2) is 20.8 Å². The van der Waals surface area contributed by atoms with Gasteiger partial charge in [-0.05, 0) is 49.1 Å². The lowest BCUT2D eigenvalue weighted by Gasteiger charge is -2.14. The number of methoxy groups -OCH3 is 2. The molecular weight excluding hydrogens is 214 g/mol. The molecule has 3 heteroatoms. The normalized spacial score (nSPS) is 10.4. The van der Waals surface area contributed by atoms with Crippen molar-refractivity contribution in [1.82, 2.24) is 0 Å². The molecule has 0 heterocycles. The van der Waals surface area contributed by atoms with Gasteiger partial charge in [0.25, 0.3) is 0 Å². The molecule has 0 amide bonds. The van der Waals surface area contributed by atoms with Gasteiger partial charge in [-0.25, -0.2) is 0 Å². The third-order valence-corrected chi connectivity index (χ3v) is 2.85. The maximum absolute atomic E-state index is 5.54. The molecule has 0 aliphatic carbocycles. The van der Waals surface area contributed by atoms with Crippen LogP contribution in [0.25, 0.3) is 0 Å². The number of nitrogens with two attached hydrogens (primary N) is 1. The molecule has 0 aliphatic heterocycles. The Balaban J connectivity index is 3.04. The summed E-state index contributed by atoms with van der Waals surface area (Å²) in [5.41, 5.74) is 7.93. The van der Waals surface area contributed by atoms with Crippen LogP contribution in [0.1, 0.15) is 30.9 Å². The molecule has 0 spiro atoms. The second-order valence-corrected chi connectivity index (χ2v) is 4.12. The van der Waals surface area contributed by atoms with E-state index >= 15 is 0 Å². The monoisotopic (exact) mass is 237 g/mol. The molecular formula is C14H23NO2. The van der Waals surface area contributed by atoms with Crippen LogP contribution in [0.15, 0.2) is 12.1 Å². The second-order valence-electron chi connectivity index (χ2n) is 4.12. The van der Waals surface area contributed by atoms with Crippen molar-refractivity contribution in [3.63, 3.8) is 0 Å². The highest BCUT2D eigenvalue weighted by Gasteiger charge is 2.10. The van der Waals surface area contributed by atoms with Crippen LogP contribution in [0.5, 0.6) is 11.5 Å². The summed E-state index contributed by atoms with van der Waals surface area (Å²) in [6.45, 7) is 2.86. The van der Waals surface area contributed by atoms with Crippen molar-refractivity contribution in [2.45, 2.75) is 32.6 Å². The van der Waals surface area contributed by atoms with Crippen LogP contribution in [0.4, 0.5) is 0 Å². The highest BCUT2D eigenvalue weighted by atomic mass is 16.5. The Morgan fingerprint density at radius 3 is 1.94 bits per heavy atom. The van der Waals surface area contributed by atoms with Gasteiger partial charge in [0, 0.05) is 0 Å². The van der Waals surface area contributed by atoms with E-state index in [4.69, 9.17) is 15.2 Å². The highest BCUT2D eigenvalue weighted by Crippen LogP contribution is 2.30. The summed E-state index contributed by atoms with van der Waals surface area (Å²) in [5, 5.41) is 0. The van der Waals surface area contributed by atoms with Crippen molar-refractivity contribution in [3.8, 4) is 11.5 Å². The standard InChI is InChI=1S/C14H23NO2/c1-4-6-11-9-14(17-3)12(7-5-8-15)10-13(11)16-2/h9-10H,4-8,15H2,1-3H3. The maximum atomic E-state index is 5.54. The van der Waals surface area contributed by atoms with Gasteiger partial charge in [0.1, 0.15) is 11.5 Å². The van der Waals surface area contributed by atoms with E-state index in [0.717, 1.165) is 37.2 Å². The first-order chi connectivity index (χ1) is 8.26. The Hall–Kier alpha value is -1.22. The lowest BCUT2D eigenvalue weighted by atomic mass is 10.0. The molecule has 17 heavy (non-hydrogen) atoms. The van der Waals surface area contributed by atoms with E-state index in [2.05, 4.69) is 19.1 Å². The average Bonchev–Trinajstić information content (AvgIpc) is 2.36. The molecule has 0 unspecified atom stereocenters. The lowest BCUT2D eigenvalue weighted by Crippen LogP contribution is -2.03. The van der Waals surface area contributed by atoms with Gasteiger partial charge < -0.3 is 15.2 Å². The molecule has 1 rings (SSSR count). The van der Waals surface area contributed by atoms with Crippen LogP contribution in [0, 0.1) is 0 Å². The molecule has 0 atom stereocenters. The van der Waals surface area contributed by atoms with Gasteiger partial charge in [0.15, 0.2) is 0 Å². The molecule has 0 saturated carbocycles. The van der Waals surface area contributed by atoms with E-state index in [1.54, 1.807) is 14.2 Å². The lowest BCUT2D eigenvalue weighted by molar-refractivity contribution is 0.394. The average molecular weight is 237 g/mol. The van der Waals surface area contributed by atoms with Gasteiger partial charge in [0.2, 0.25) is 0 Å². The van der Waals surface area contributed by atoms with Crippen LogP contribution in [0.2, 0.25) is 0 Å². The van der Waals surface area contributed by atoms with Gasteiger partial charge in [-0.15, -0.1) is 0 Å². The zero-order valence-corrected chi connectivity index (χ0v) is 11.1. The van der Waals surface area contributed by atoms with Crippen molar-refractivity contribution >= 4 is 0 Å². The minimum absolute atomic E-state index is 0.697. The van der Waals surface area contributed by atoms with Gasteiger partial charge in [-0.1, -0.05) is 13.3 Å². The zero-order valence-electron chi connectivity index (χ0n) is 11.1. The van der Waals surface area contributed by atoms with E-state index < -0.39 is 0 Å². The van der Waals surface area contributed by atoms with E-state index in [9.17, 15) is 0 Å². The topological polar surface area (TPSA) is 44.5 Å². The predicted molar refractivity (Wildman–Crippen MR) is 70.9 cm³/mol. The third kappa shape index (κ3) is 3.63.